The van der Waals surface area contributed by atoms with Crippen molar-refractivity contribution in [1.82, 2.24) is 10.3 Å². The Labute approximate surface area is 121 Å². The molecule has 0 spiro atoms. The van der Waals surface area contributed by atoms with E-state index in [9.17, 15) is 0 Å². The van der Waals surface area contributed by atoms with Gasteiger partial charge in [-0.05, 0) is 38.9 Å². The second-order valence-electron chi connectivity index (χ2n) is 4.35. The molecule has 0 amide bonds. The van der Waals surface area contributed by atoms with E-state index >= 15 is 0 Å². The van der Waals surface area contributed by atoms with Crippen molar-refractivity contribution in [3.8, 4) is 5.75 Å². The van der Waals surface area contributed by atoms with Crippen LogP contribution < -0.4 is 10.1 Å². The first-order valence-corrected chi connectivity index (χ1v) is 7.24. The van der Waals surface area contributed by atoms with Crippen LogP contribution in [0.15, 0.2) is 18.5 Å². The summed E-state index contributed by atoms with van der Waals surface area (Å²) < 4.78 is 16.9. The second-order valence-corrected chi connectivity index (χ2v) is 4.35. The highest BCUT2D eigenvalue weighted by Gasteiger charge is 2.23. The molecule has 5 nitrogen and oxygen atoms in total. The molecule has 1 rings (SSSR count). The van der Waals surface area contributed by atoms with Crippen LogP contribution in [0.4, 0.5) is 0 Å². The van der Waals surface area contributed by atoms with Crippen molar-refractivity contribution in [2.24, 2.45) is 0 Å². The van der Waals surface area contributed by atoms with Crippen LogP contribution in [0.25, 0.3) is 0 Å². The predicted octanol–water partition coefficient (Wildman–Crippen LogP) is 2.53. The molecular formula is C15H26N2O3. The summed E-state index contributed by atoms with van der Waals surface area (Å²) in [7, 11) is 1.88. The highest BCUT2D eigenvalue weighted by molar-refractivity contribution is 5.26. The molecule has 1 atom stereocenters. The fraction of sp³-hybridized carbons (Fsp3) is 0.667. The summed E-state index contributed by atoms with van der Waals surface area (Å²) in [5.41, 5.74) is 0.994. The molecule has 0 aromatic carbocycles. The number of likely N-dealkylation sites (N-methyl/N-ethyl adjacent to an activating group) is 1. The van der Waals surface area contributed by atoms with Crippen LogP contribution in [0.2, 0.25) is 0 Å². The first-order chi connectivity index (χ1) is 9.76. The Morgan fingerprint density at radius 3 is 2.40 bits per heavy atom. The topological polar surface area (TPSA) is 52.6 Å². The predicted molar refractivity (Wildman–Crippen MR) is 78.9 cm³/mol. The third kappa shape index (κ3) is 5.07. The van der Waals surface area contributed by atoms with Crippen LogP contribution in [0.1, 0.15) is 38.8 Å². The summed E-state index contributed by atoms with van der Waals surface area (Å²) in [6, 6.07) is 1.90. The minimum atomic E-state index is -0.335. The van der Waals surface area contributed by atoms with E-state index in [4.69, 9.17) is 14.2 Å². The van der Waals surface area contributed by atoms with Gasteiger partial charge in [-0.15, -0.1) is 0 Å². The lowest BCUT2D eigenvalue weighted by Gasteiger charge is -2.26. The molecule has 0 aliphatic heterocycles. The molecule has 0 saturated heterocycles. The molecular weight excluding hydrogens is 256 g/mol. The van der Waals surface area contributed by atoms with E-state index < -0.39 is 0 Å². The van der Waals surface area contributed by atoms with E-state index in [1.165, 1.54) is 0 Å². The van der Waals surface area contributed by atoms with E-state index in [1.807, 2.05) is 33.2 Å². The van der Waals surface area contributed by atoms with Gasteiger partial charge in [0, 0.05) is 19.4 Å². The van der Waals surface area contributed by atoms with Crippen molar-refractivity contribution in [1.29, 1.82) is 0 Å². The molecule has 5 heteroatoms. The first kappa shape index (κ1) is 16.9. The van der Waals surface area contributed by atoms with Gasteiger partial charge in [-0.25, -0.2) is 0 Å². The highest BCUT2D eigenvalue weighted by atomic mass is 16.7. The van der Waals surface area contributed by atoms with E-state index in [-0.39, 0.29) is 12.3 Å². The highest BCUT2D eigenvalue weighted by Crippen LogP contribution is 2.23. The number of nitrogens with one attached hydrogen (secondary N) is 1. The van der Waals surface area contributed by atoms with Crippen LogP contribution in [-0.4, -0.2) is 38.1 Å². The summed E-state index contributed by atoms with van der Waals surface area (Å²) in [5, 5.41) is 3.23. The zero-order valence-corrected chi connectivity index (χ0v) is 12.9. The third-order valence-electron chi connectivity index (χ3n) is 2.81. The van der Waals surface area contributed by atoms with Crippen LogP contribution in [0.3, 0.4) is 0 Å². The Balaban J connectivity index is 2.86. The molecule has 1 heterocycles. The van der Waals surface area contributed by atoms with E-state index in [0.717, 1.165) is 17.7 Å². The largest absolute Gasteiger partial charge is 0.492 e. The maximum absolute atomic E-state index is 5.66. The number of nitrogens with zero attached hydrogens (tertiary/aromatic N) is 1. The number of hydrogen-bond donors (Lipinski definition) is 1. The molecule has 1 aromatic rings. The number of hydrogen-bond acceptors (Lipinski definition) is 5. The van der Waals surface area contributed by atoms with Crippen molar-refractivity contribution >= 4 is 0 Å². The van der Waals surface area contributed by atoms with E-state index in [1.54, 1.807) is 6.20 Å². The molecule has 1 N–H and O–H groups in total. The molecule has 1 aromatic heterocycles. The van der Waals surface area contributed by atoms with Crippen LogP contribution in [-0.2, 0) is 9.47 Å². The lowest BCUT2D eigenvalue weighted by molar-refractivity contribution is -0.154. The van der Waals surface area contributed by atoms with E-state index in [2.05, 4.69) is 17.2 Å². The maximum Gasteiger partial charge on any atom is 0.176 e. The van der Waals surface area contributed by atoms with Gasteiger partial charge in [-0.2, -0.15) is 0 Å². The van der Waals surface area contributed by atoms with Gasteiger partial charge in [0.25, 0.3) is 0 Å². The van der Waals surface area contributed by atoms with Crippen molar-refractivity contribution in [2.75, 3.05) is 26.9 Å². The fourth-order valence-electron chi connectivity index (χ4n) is 1.93. The van der Waals surface area contributed by atoms with Gasteiger partial charge < -0.3 is 19.5 Å². The number of pyridine rings is 1. The molecule has 0 aliphatic rings. The van der Waals surface area contributed by atoms with Crippen molar-refractivity contribution in [3.63, 3.8) is 0 Å². The minimum absolute atomic E-state index is 0.0763. The molecule has 0 radical (unpaired) electrons. The Bertz CT molecular complexity index is 368. The third-order valence-corrected chi connectivity index (χ3v) is 2.81. The van der Waals surface area contributed by atoms with Crippen LogP contribution in [0.5, 0.6) is 5.75 Å². The van der Waals surface area contributed by atoms with Crippen molar-refractivity contribution in [3.05, 3.63) is 24.0 Å². The van der Waals surface area contributed by atoms with Crippen molar-refractivity contribution < 1.29 is 14.2 Å². The van der Waals surface area contributed by atoms with Gasteiger partial charge >= 0.3 is 0 Å². The summed E-state index contributed by atoms with van der Waals surface area (Å²) in [6.07, 6.45) is 4.17. The fourth-order valence-corrected chi connectivity index (χ4v) is 1.93. The Hall–Kier alpha value is -1.17. The Morgan fingerprint density at radius 2 is 1.85 bits per heavy atom. The lowest BCUT2D eigenvalue weighted by atomic mass is 10.1. The minimum Gasteiger partial charge on any atom is -0.492 e. The van der Waals surface area contributed by atoms with Gasteiger partial charge in [0.15, 0.2) is 6.29 Å². The summed E-state index contributed by atoms with van der Waals surface area (Å²) in [6.45, 7) is 7.88. The normalized spacial score (nSPS) is 12.7. The van der Waals surface area contributed by atoms with Crippen LogP contribution in [0, 0.1) is 0 Å². The van der Waals surface area contributed by atoms with Gasteiger partial charge in [0.2, 0.25) is 0 Å². The summed E-state index contributed by atoms with van der Waals surface area (Å²) >= 11 is 0. The van der Waals surface area contributed by atoms with Gasteiger partial charge in [0.05, 0.1) is 18.8 Å². The molecule has 0 bridgehead atoms. The van der Waals surface area contributed by atoms with E-state index in [0.29, 0.717) is 19.8 Å². The van der Waals surface area contributed by atoms with Gasteiger partial charge in [0.1, 0.15) is 5.75 Å². The molecule has 0 aliphatic carbocycles. The second kappa shape index (κ2) is 9.69. The monoisotopic (exact) mass is 282 g/mol. The zero-order valence-electron chi connectivity index (χ0n) is 12.9. The number of aromatic nitrogens is 1. The van der Waals surface area contributed by atoms with Gasteiger partial charge in [-0.1, -0.05) is 6.92 Å². The molecule has 114 valence electrons. The molecule has 0 fully saturated rings. The smallest absolute Gasteiger partial charge is 0.176 e. The molecule has 1 unspecified atom stereocenters. The van der Waals surface area contributed by atoms with Crippen LogP contribution >= 0.6 is 0 Å². The maximum atomic E-state index is 5.66. The SMILES string of the molecule is CCCOc1cncc(C(NC)C(OCC)OCC)c1. The standard InChI is InChI=1S/C15H26N2O3/c1-5-8-20-13-9-12(10-17-11-13)14(16-4)15(18-6-2)19-7-3/h9-11,14-16H,5-8H2,1-4H3. The summed E-state index contributed by atoms with van der Waals surface area (Å²) in [5.74, 6) is 0.774. The Kier molecular flexibility index (Phi) is 8.18. The quantitative estimate of drug-likeness (QED) is 0.668. The van der Waals surface area contributed by atoms with Gasteiger partial charge in [-0.3, -0.25) is 4.98 Å². The number of ether oxygens (including phenoxy) is 3. The Morgan fingerprint density at radius 1 is 1.15 bits per heavy atom. The lowest BCUT2D eigenvalue weighted by Crippen LogP contribution is -2.34. The zero-order chi connectivity index (χ0) is 14.8. The average Bonchev–Trinajstić information content (AvgIpc) is 2.47. The molecule has 0 saturated carbocycles. The molecule has 20 heavy (non-hydrogen) atoms. The van der Waals surface area contributed by atoms with Crippen molar-refractivity contribution in [2.45, 2.75) is 39.5 Å². The summed E-state index contributed by atoms with van der Waals surface area (Å²) in [4.78, 5) is 4.23. The number of rotatable bonds is 10. The first-order valence-electron chi connectivity index (χ1n) is 7.24. The average molecular weight is 282 g/mol.